The Morgan fingerprint density at radius 2 is 2.08 bits per heavy atom. The molecule has 1 amide bonds. The van der Waals surface area contributed by atoms with Crippen molar-refractivity contribution >= 4 is 18.3 Å². The van der Waals surface area contributed by atoms with E-state index in [2.05, 4.69) is 15.6 Å². The zero-order chi connectivity index (χ0) is 17.9. The molecule has 0 bridgehead atoms. The molecule has 11 heteroatoms. The minimum absolute atomic E-state index is 0. The number of nitrogens with one attached hydrogen (secondary N) is 1. The van der Waals surface area contributed by atoms with E-state index in [9.17, 15) is 22.4 Å². The molecule has 1 aromatic heterocycles. The molecule has 25 heavy (non-hydrogen) atoms. The second kappa shape index (κ2) is 8.26. The predicted molar refractivity (Wildman–Crippen MR) is 84.1 cm³/mol. The number of aromatic nitrogens is 3. The lowest BCUT2D eigenvalue weighted by Crippen LogP contribution is -2.33. The Hall–Kier alpha value is -2.20. The molecule has 3 N–H and O–H groups in total. The first-order valence-electron chi connectivity index (χ1n) is 7.01. The van der Waals surface area contributed by atoms with Gasteiger partial charge < -0.3 is 11.1 Å². The molecule has 0 radical (unpaired) electrons. The smallest absolute Gasteiger partial charge is 0.350 e. The molecule has 0 saturated carbocycles. The van der Waals surface area contributed by atoms with E-state index in [1.54, 1.807) is 6.92 Å². The van der Waals surface area contributed by atoms with E-state index in [4.69, 9.17) is 5.73 Å². The molecule has 1 atom stereocenters. The first-order valence-corrected chi connectivity index (χ1v) is 7.01. The molecule has 0 aliphatic carbocycles. The van der Waals surface area contributed by atoms with Gasteiger partial charge in [-0.25, -0.2) is 9.07 Å². The average molecular weight is 382 g/mol. The number of nitrogens with two attached hydrogens (primary N) is 1. The molecule has 0 aliphatic rings. The Labute approximate surface area is 146 Å². The van der Waals surface area contributed by atoms with Crippen LogP contribution >= 0.6 is 12.4 Å². The molecule has 1 unspecified atom stereocenters. The van der Waals surface area contributed by atoms with Crippen molar-refractivity contribution in [1.82, 2.24) is 20.3 Å². The third-order valence-electron chi connectivity index (χ3n) is 3.22. The highest BCUT2D eigenvalue weighted by atomic mass is 35.5. The molecule has 1 aromatic carbocycles. The first kappa shape index (κ1) is 20.8. The maximum atomic E-state index is 13.4. The number of hydrogen-bond acceptors (Lipinski definition) is 4. The molecule has 0 aliphatic heterocycles. The molecule has 2 aromatic rings. The van der Waals surface area contributed by atoms with Crippen molar-refractivity contribution in [3.63, 3.8) is 0 Å². The number of halogens is 5. The van der Waals surface area contributed by atoms with E-state index in [1.807, 2.05) is 0 Å². The van der Waals surface area contributed by atoms with Crippen molar-refractivity contribution in [2.75, 3.05) is 13.1 Å². The Kier molecular flexibility index (Phi) is 6.88. The van der Waals surface area contributed by atoms with Gasteiger partial charge in [0.15, 0.2) is 11.4 Å². The number of benzene rings is 1. The molecule has 138 valence electrons. The van der Waals surface area contributed by atoms with Gasteiger partial charge in [-0.15, -0.1) is 17.5 Å². The minimum atomic E-state index is -4.90. The highest BCUT2D eigenvalue weighted by Crippen LogP contribution is 2.32. The largest absolute Gasteiger partial charge is 0.435 e. The summed E-state index contributed by atoms with van der Waals surface area (Å²) in [6, 6.07) is 4.40. The van der Waals surface area contributed by atoms with Crippen molar-refractivity contribution in [2.24, 2.45) is 11.7 Å². The Balaban J connectivity index is 0.00000312. The van der Waals surface area contributed by atoms with Crippen LogP contribution in [0.15, 0.2) is 24.3 Å². The van der Waals surface area contributed by atoms with Gasteiger partial charge in [-0.1, -0.05) is 18.2 Å². The summed E-state index contributed by atoms with van der Waals surface area (Å²) in [5.74, 6) is -1.87. The zero-order valence-electron chi connectivity index (χ0n) is 13.0. The number of alkyl halides is 3. The quantitative estimate of drug-likeness (QED) is 0.777. The molecule has 0 saturated heterocycles. The Morgan fingerprint density at radius 1 is 1.40 bits per heavy atom. The van der Waals surface area contributed by atoms with Crippen LogP contribution in [0.4, 0.5) is 17.6 Å². The molecular weight excluding hydrogens is 366 g/mol. The first-order chi connectivity index (χ1) is 11.2. The predicted octanol–water partition coefficient (Wildman–Crippen LogP) is 2.17. The maximum absolute atomic E-state index is 13.4. The van der Waals surface area contributed by atoms with Crippen molar-refractivity contribution in [1.29, 1.82) is 0 Å². The fraction of sp³-hybridized carbons (Fsp3) is 0.357. The fourth-order valence-corrected chi connectivity index (χ4v) is 1.91. The van der Waals surface area contributed by atoms with Crippen LogP contribution in [0.3, 0.4) is 0 Å². The standard InChI is InChI=1S/C14H15F4N5O.ClH/c1-8(6-19)7-20-13(24)11-12(14(16,17)18)23(22-21-11)10-4-2-3-9(15)5-10;/h2-5,8H,6-7,19H2,1H3,(H,20,24);1H. The highest BCUT2D eigenvalue weighted by Gasteiger charge is 2.42. The number of carbonyl (C=O) groups is 1. The summed E-state index contributed by atoms with van der Waals surface area (Å²) >= 11 is 0. The van der Waals surface area contributed by atoms with Gasteiger partial charge in [-0.3, -0.25) is 4.79 Å². The number of carbonyl (C=O) groups excluding carboxylic acids is 1. The summed E-state index contributed by atoms with van der Waals surface area (Å²) in [4.78, 5) is 12.0. The van der Waals surface area contributed by atoms with Gasteiger partial charge in [-0.05, 0) is 30.7 Å². The lowest BCUT2D eigenvalue weighted by Gasteiger charge is -2.12. The van der Waals surface area contributed by atoms with Gasteiger partial charge >= 0.3 is 6.18 Å². The van der Waals surface area contributed by atoms with Crippen molar-refractivity contribution in [3.05, 3.63) is 41.5 Å². The van der Waals surface area contributed by atoms with Crippen LogP contribution in [-0.4, -0.2) is 34.0 Å². The number of amides is 1. The van der Waals surface area contributed by atoms with Crippen LogP contribution in [0, 0.1) is 11.7 Å². The minimum Gasteiger partial charge on any atom is -0.350 e. The van der Waals surface area contributed by atoms with E-state index in [0.717, 1.165) is 12.1 Å². The summed E-state index contributed by atoms with van der Waals surface area (Å²) in [6.07, 6.45) is -4.90. The van der Waals surface area contributed by atoms with Crippen LogP contribution < -0.4 is 11.1 Å². The maximum Gasteiger partial charge on any atom is 0.435 e. The SMILES string of the molecule is CC(CN)CNC(=O)c1nnn(-c2cccc(F)c2)c1C(F)(F)F.Cl. The fourth-order valence-electron chi connectivity index (χ4n) is 1.91. The lowest BCUT2D eigenvalue weighted by molar-refractivity contribution is -0.143. The zero-order valence-corrected chi connectivity index (χ0v) is 13.9. The van der Waals surface area contributed by atoms with Crippen molar-refractivity contribution in [3.8, 4) is 5.69 Å². The van der Waals surface area contributed by atoms with E-state index < -0.39 is 29.3 Å². The molecule has 6 nitrogen and oxygen atoms in total. The average Bonchev–Trinajstić information content (AvgIpc) is 2.97. The summed E-state index contributed by atoms with van der Waals surface area (Å²) in [5.41, 5.74) is 2.95. The molecule has 0 fully saturated rings. The summed E-state index contributed by atoms with van der Waals surface area (Å²) in [6.45, 7) is 2.09. The van der Waals surface area contributed by atoms with Gasteiger partial charge in [-0.2, -0.15) is 13.2 Å². The third-order valence-corrected chi connectivity index (χ3v) is 3.22. The molecule has 2 rings (SSSR count). The molecule has 0 spiro atoms. The summed E-state index contributed by atoms with van der Waals surface area (Å²) < 4.78 is 53.7. The van der Waals surface area contributed by atoms with Crippen LogP contribution in [-0.2, 0) is 6.18 Å². The van der Waals surface area contributed by atoms with Gasteiger partial charge in [0.1, 0.15) is 5.82 Å². The second-order valence-electron chi connectivity index (χ2n) is 5.23. The highest BCUT2D eigenvalue weighted by molar-refractivity contribution is 5.93. The van der Waals surface area contributed by atoms with Gasteiger partial charge in [0.2, 0.25) is 0 Å². The van der Waals surface area contributed by atoms with Crippen LogP contribution in [0.25, 0.3) is 5.69 Å². The summed E-state index contributed by atoms with van der Waals surface area (Å²) in [7, 11) is 0. The Bertz CT molecular complexity index is 734. The normalized spacial score (nSPS) is 12.4. The van der Waals surface area contributed by atoms with Gasteiger partial charge in [0.25, 0.3) is 5.91 Å². The van der Waals surface area contributed by atoms with Gasteiger partial charge in [0.05, 0.1) is 5.69 Å². The van der Waals surface area contributed by atoms with E-state index in [0.29, 0.717) is 4.68 Å². The number of hydrogen-bond donors (Lipinski definition) is 2. The lowest BCUT2D eigenvalue weighted by atomic mass is 10.2. The second-order valence-corrected chi connectivity index (χ2v) is 5.23. The van der Waals surface area contributed by atoms with E-state index in [-0.39, 0.29) is 37.1 Å². The Morgan fingerprint density at radius 3 is 2.64 bits per heavy atom. The van der Waals surface area contributed by atoms with Crippen molar-refractivity contribution in [2.45, 2.75) is 13.1 Å². The number of rotatable bonds is 5. The van der Waals surface area contributed by atoms with Crippen LogP contribution in [0.5, 0.6) is 0 Å². The van der Waals surface area contributed by atoms with Crippen LogP contribution in [0.2, 0.25) is 0 Å². The van der Waals surface area contributed by atoms with E-state index in [1.165, 1.54) is 12.1 Å². The third kappa shape index (κ3) is 4.89. The van der Waals surface area contributed by atoms with Crippen molar-refractivity contribution < 1.29 is 22.4 Å². The topological polar surface area (TPSA) is 85.8 Å². The van der Waals surface area contributed by atoms with Gasteiger partial charge in [0, 0.05) is 6.54 Å². The number of nitrogens with zero attached hydrogens (tertiary/aromatic N) is 3. The monoisotopic (exact) mass is 381 g/mol. The molecule has 1 heterocycles. The van der Waals surface area contributed by atoms with Crippen LogP contribution in [0.1, 0.15) is 23.1 Å². The van der Waals surface area contributed by atoms with E-state index >= 15 is 0 Å². The summed E-state index contributed by atoms with van der Waals surface area (Å²) in [5, 5.41) is 9.01. The molecular formula is C14H16ClF4N5O.